The maximum Gasteiger partial charge on any atom is 0.226 e. The van der Waals surface area contributed by atoms with Crippen molar-refractivity contribution in [2.75, 3.05) is 26.8 Å². The molecule has 0 saturated carbocycles. The van der Waals surface area contributed by atoms with Crippen molar-refractivity contribution in [1.29, 1.82) is 0 Å². The van der Waals surface area contributed by atoms with E-state index in [-0.39, 0.29) is 5.91 Å². The molecule has 1 saturated heterocycles. The molecule has 0 atom stereocenters. The van der Waals surface area contributed by atoms with Crippen LogP contribution in [0.15, 0.2) is 54.6 Å². The van der Waals surface area contributed by atoms with Crippen molar-refractivity contribution < 1.29 is 14.3 Å². The molecule has 2 aromatic carbocycles. The molecule has 26 heavy (non-hydrogen) atoms. The van der Waals surface area contributed by atoms with Crippen molar-refractivity contribution in [3.8, 4) is 5.75 Å². The highest BCUT2D eigenvalue weighted by Crippen LogP contribution is 2.20. The van der Waals surface area contributed by atoms with E-state index in [1.54, 1.807) is 7.11 Å². The summed E-state index contributed by atoms with van der Waals surface area (Å²) in [5, 5.41) is 0. The first-order valence-electron chi connectivity index (χ1n) is 9.27. The number of carbonyl (C=O) groups excluding carboxylic acids is 1. The highest BCUT2D eigenvalue weighted by Gasteiger charge is 2.23. The third-order valence-electron chi connectivity index (χ3n) is 4.92. The van der Waals surface area contributed by atoms with Gasteiger partial charge in [-0.2, -0.15) is 0 Å². The number of piperidine rings is 1. The van der Waals surface area contributed by atoms with Gasteiger partial charge in [0.2, 0.25) is 5.91 Å². The summed E-state index contributed by atoms with van der Waals surface area (Å²) in [6.07, 6.45) is 2.46. The third kappa shape index (κ3) is 5.33. The lowest BCUT2D eigenvalue weighted by Gasteiger charge is -2.32. The van der Waals surface area contributed by atoms with Crippen molar-refractivity contribution in [3.63, 3.8) is 0 Å². The molecule has 0 bridgehead atoms. The molecule has 138 valence electrons. The summed E-state index contributed by atoms with van der Waals surface area (Å²) in [5.41, 5.74) is 2.21. The topological polar surface area (TPSA) is 38.8 Å². The fourth-order valence-corrected chi connectivity index (χ4v) is 3.34. The lowest BCUT2D eigenvalue weighted by molar-refractivity contribution is -0.132. The summed E-state index contributed by atoms with van der Waals surface area (Å²) in [7, 11) is 1.64. The Morgan fingerprint density at radius 3 is 2.50 bits per heavy atom. The van der Waals surface area contributed by atoms with Crippen LogP contribution in [0.1, 0.15) is 24.0 Å². The minimum Gasteiger partial charge on any atom is -0.497 e. The van der Waals surface area contributed by atoms with Crippen LogP contribution in [0.25, 0.3) is 0 Å². The average Bonchev–Trinajstić information content (AvgIpc) is 2.69. The molecule has 1 fully saturated rings. The van der Waals surface area contributed by atoms with Crippen molar-refractivity contribution >= 4 is 5.91 Å². The standard InChI is InChI=1S/C22H27NO3/c1-25-21-9-5-8-20(14-21)15-22(24)23-12-10-19(11-13-23)17-26-16-18-6-3-2-4-7-18/h2-9,14,19H,10-13,15-17H2,1H3. The summed E-state index contributed by atoms with van der Waals surface area (Å²) in [4.78, 5) is 14.5. The Morgan fingerprint density at radius 2 is 1.77 bits per heavy atom. The Labute approximate surface area is 155 Å². The van der Waals surface area contributed by atoms with Gasteiger partial charge in [0.15, 0.2) is 0 Å². The van der Waals surface area contributed by atoms with Crippen LogP contribution in [0.5, 0.6) is 5.75 Å². The molecule has 0 aromatic heterocycles. The lowest BCUT2D eigenvalue weighted by atomic mass is 9.97. The van der Waals surface area contributed by atoms with Gasteiger partial charge >= 0.3 is 0 Å². The Hall–Kier alpha value is -2.33. The highest BCUT2D eigenvalue weighted by molar-refractivity contribution is 5.79. The number of nitrogens with zero attached hydrogens (tertiary/aromatic N) is 1. The number of hydrogen-bond acceptors (Lipinski definition) is 3. The number of hydrogen-bond donors (Lipinski definition) is 0. The Morgan fingerprint density at radius 1 is 1.04 bits per heavy atom. The Bertz CT molecular complexity index is 694. The van der Waals surface area contributed by atoms with Crippen LogP contribution in [0.2, 0.25) is 0 Å². The van der Waals surface area contributed by atoms with Gasteiger partial charge in [-0.05, 0) is 42.0 Å². The van der Waals surface area contributed by atoms with Crippen LogP contribution < -0.4 is 4.74 Å². The van der Waals surface area contributed by atoms with Crippen molar-refractivity contribution in [2.45, 2.75) is 25.9 Å². The molecule has 2 aromatic rings. The quantitative estimate of drug-likeness (QED) is 0.762. The van der Waals surface area contributed by atoms with Crippen LogP contribution in [0.3, 0.4) is 0 Å². The molecule has 0 N–H and O–H groups in total. The van der Waals surface area contributed by atoms with E-state index in [0.717, 1.165) is 43.9 Å². The molecule has 1 aliphatic heterocycles. The second-order valence-electron chi connectivity index (χ2n) is 6.85. The number of methoxy groups -OCH3 is 1. The summed E-state index contributed by atoms with van der Waals surface area (Å²) < 4.78 is 11.1. The Kier molecular flexibility index (Phi) is 6.67. The van der Waals surface area contributed by atoms with E-state index in [9.17, 15) is 4.79 Å². The number of rotatable bonds is 7. The molecule has 3 rings (SSSR count). The van der Waals surface area contributed by atoms with Gasteiger partial charge in [0, 0.05) is 19.7 Å². The van der Waals surface area contributed by atoms with Crippen molar-refractivity contribution in [3.05, 3.63) is 65.7 Å². The van der Waals surface area contributed by atoms with Crippen LogP contribution in [-0.2, 0) is 22.6 Å². The zero-order valence-corrected chi connectivity index (χ0v) is 15.4. The van der Waals surface area contributed by atoms with Gasteiger partial charge in [-0.1, -0.05) is 42.5 Å². The van der Waals surface area contributed by atoms with E-state index in [4.69, 9.17) is 9.47 Å². The second kappa shape index (κ2) is 9.39. The second-order valence-corrected chi connectivity index (χ2v) is 6.85. The largest absolute Gasteiger partial charge is 0.497 e. The van der Waals surface area contributed by atoms with E-state index in [1.165, 1.54) is 5.56 Å². The zero-order chi connectivity index (χ0) is 18.2. The maximum atomic E-state index is 12.5. The first-order valence-corrected chi connectivity index (χ1v) is 9.27. The smallest absolute Gasteiger partial charge is 0.226 e. The SMILES string of the molecule is COc1cccc(CC(=O)N2CCC(COCc3ccccc3)CC2)c1. The minimum absolute atomic E-state index is 0.196. The van der Waals surface area contributed by atoms with Gasteiger partial charge in [-0.3, -0.25) is 4.79 Å². The number of carbonyl (C=O) groups is 1. The van der Waals surface area contributed by atoms with Gasteiger partial charge in [0.1, 0.15) is 5.75 Å². The molecular weight excluding hydrogens is 326 g/mol. The van der Waals surface area contributed by atoms with E-state index >= 15 is 0 Å². The average molecular weight is 353 g/mol. The van der Waals surface area contributed by atoms with Crippen LogP contribution in [-0.4, -0.2) is 37.6 Å². The number of amides is 1. The number of benzene rings is 2. The Balaban J connectivity index is 1.39. The molecule has 4 heteroatoms. The van der Waals surface area contributed by atoms with Gasteiger partial charge in [-0.25, -0.2) is 0 Å². The molecule has 0 unspecified atom stereocenters. The third-order valence-corrected chi connectivity index (χ3v) is 4.92. The van der Waals surface area contributed by atoms with E-state index in [2.05, 4.69) is 12.1 Å². The maximum absolute atomic E-state index is 12.5. The summed E-state index contributed by atoms with van der Waals surface area (Å²) in [5.74, 6) is 1.53. The highest BCUT2D eigenvalue weighted by atomic mass is 16.5. The summed E-state index contributed by atoms with van der Waals surface area (Å²) in [6, 6.07) is 18.0. The molecule has 0 radical (unpaired) electrons. The minimum atomic E-state index is 0.196. The first-order chi connectivity index (χ1) is 12.7. The predicted octanol–water partition coefficient (Wildman–Crippen LogP) is 3.69. The first kappa shape index (κ1) is 18.5. The van der Waals surface area contributed by atoms with E-state index in [0.29, 0.717) is 18.9 Å². The molecule has 1 aliphatic rings. The molecular formula is C22H27NO3. The normalized spacial score (nSPS) is 15.0. The van der Waals surface area contributed by atoms with Gasteiger partial charge < -0.3 is 14.4 Å². The molecule has 1 amide bonds. The van der Waals surface area contributed by atoms with Crippen molar-refractivity contribution in [2.24, 2.45) is 5.92 Å². The lowest BCUT2D eigenvalue weighted by Crippen LogP contribution is -2.40. The summed E-state index contributed by atoms with van der Waals surface area (Å²) >= 11 is 0. The number of ether oxygens (including phenoxy) is 2. The van der Waals surface area contributed by atoms with Gasteiger partial charge in [-0.15, -0.1) is 0 Å². The van der Waals surface area contributed by atoms with Gasteiger partial charge in [0.05, 0.1) is 20.1 Å². The monoisotopic (exact) mass is 353 g/mol. The van der Waals surface area contributed by atoms with Crippen LogP contribution in [0.4, 0.5) is 0 Å². The summed E-state index contributed by atoms with van der Waals surface area (Å²) in [6.45, 7) is 3.08. The van der Waals surface area contributed by atoms with Gasteiger partial charge in [0.25, 0.3) is 0 Å². The fraction of sp³-hybridized carbons (Fsp3) is 0.409. The van der Waals surface area contributed by atoms with Crippen LogP contribution in [0, 0.1) is 5.92 Å². The fourth-order valence-electron chi connectivity index (χ4n) is 3.34. The molecule has 0 aliphatic carbocycles. The van der Waals surface area contributed by atoms with E-state index in [1.807, 2.05) is 47.4 Å². The number of likely N-dealkylation sites (tertiary alicyclic amines) is 1. The zero-order valence-electron chi connectivity index (χ0n) is 15.4. The predicted molar refractivity (Wildman–Crippen MR) is 102 cm³/mol. The van der Waals surface area contributed by atoms with E-state index < -0.39 is 0 Å². The molecule has 1 heterocycles. The molecule has 0 spiro atoms. The van der Waals surface area contributed by atoms with Crippen molar-refractivity contribution in [1.82, 2.24) is 4.90 Å². The van der Waals surface area contributed by atoms with Crippen LogP contribution >= 0.6 is 0 Å². The molecule has 4 nitrogen and oxygen atoms in total.